The lowest BCUT2D eigenvalue weighted by molar-refractivity contribution is 0.289. The number of hydrogen-bond acceptors (Lipinski definition) is 4. The zero-order chi connectivity index (χ0) is 11.8. The van der Waals surface area contributed by atoms with E-state index in [1.165, 1.54) is 5.56 Å². The molecule has 1 atom stereocenters. The molecule has 1 rings (SSSR count). The minimum atomic E-state index is 0.265. The zero-order valence-electron chi connectivity index (χ0n) is 9.94. The van der Waals surface area contributed by atoms with Gasteiger partial charge in [0.1, 0.15) is 5.82 Å². The van der Waals surface area contributed by atoms with Gasteiger partial charge in [-0.05, 0) is 19.4 Å². The van der Waals surface area contributed by atoms with Gasteiger partial charge in [0.05, 0.1) is 0 Å². The molecule has 3 nitrogen and oxygen atoms in total. The molecule has 2 N–H and O–H groups in total. The van der Waals surface area contributed by atoms with Gasteiger partial charge in [0.2, 0.25) is 0 Å². The van der Waals surface area contributed by atoms with Crippen molar-refractivity contribution in [3.05, 3.63) is 23.9 Å². The molecular weight excluding hydrogens is 220 g/mol. The molecule has 0 amide bonds. The number of nitrogens with zero attached hydrogens (tertiary/aromatic N) is 1. The first-order valence-electron chi connectivity index (χ1n) is 5.68. The predicted octanol–water partition coefficient (Wildman–Crippen LogP) is 2.52. The topological polar surface area (TPSA) is 45.2 Å². The number of aliphatic hydroxyl groups is 1. The van der Waals surface area contributed by atoms with Crippen molar-refractivity contribution in [3.63, 3.8) is 0 Å². The summed E-state index contributed by atoms with van der Waals surface area (Å²) in [7, 11) is 0. The molecule has 0 radical (unpaired) electrons. The largest absolute Gasteiger partial charge is 0.396 e. The van der Waals surface area contributed by atoms with Crippen LogP contribution in [0, 0.1) is 0 Å². The van der Waals surface area contributed by atoms with E-state index >= 15 is 0 Å². The van der Waals surface area contributed by atoms with Crippen LogP contribution in [0.5, 0.6) is 0 Å². The van der Waals surface area contributed by atoms with Crippen LogP contribution >= 0.6 is 11.8 Å². The fourth-order valence-electron chi connectivity index (χ4n) is 1.38. The van der Waals surface area contributed by atoms with Crippen molar-refractivity contribution < 1.29 is 5.11 Å². The van der Waals surface area contributed by atoms with E-state index in [4.69, 9.17) is 5.11 Å². The highest BCUT2D eigenvalue weighted by molar-refractivity contribution is 7.99. The second-order valence-electron chi connectivity index (χ2n) is 3.68. The number of rotatable bonds is 7. The Labute approximate surface area is 102 Å². The fraction of sp³-hybridized carbons (Fsp3) is 0.583. The number of anilines is 1. The van der Waals surface area contributed by atoms with Gasteiger partial charge >= 0.3 is 0 Å². The first-order chi connectivity index (χ1) is 7.77. The number of thioether (sulfide) groups is 1. The number of hydrogen-bond donors (Lipinski definition) is 2. The molecule has 4 heteroatoms. The maximum absolute atomic E-state index is 8.83. The Bertz CT molecular complexity index is 307. The Morgan fingerprint density at radius 2 is 2.38 bits per heavy atom. The molecule has 0 aliphatic rings. The Balaban J connectivity index is 2.52. The first kappa shape index (κ1) is 13.3. The molecular formula is C12H20N2OS. The minimum Gasteiger partial charge on any atom is -0.396 e. The molecule has 0 aliphatic heterocycles. The van der Waals surface area contributed by atoms with Crippen molar-refractivity contribution in [1.82, 2.24) is 4.98 Å². The number of pyridine rings is 1. The van der Waals surface area contributed by atoms with Crippen LogP contribution in [0.15, 0.2) is 18.3 Å². The molecule has 0 spiro atoms. The van der Waals surface area contributed by atoms with Gasteiger partial charge in [-0.2, -0.15) is 11.8 Å². The lowest BCUT2D eigenvalue weighted by Crippen LogP contribution is -2.04. The molecule has 0 saturated heterocycles. The lowest BCUT2D eigenvalue weighted by atomic mass is 10.3. The monoisotopic (exact) mass is 240 g/mol. The summed E-state index contributed by atoms with van der Waals surface area (Å²) in [6, 6.07) is 4.07. The van der Waals surface area contributed by atoms with Gasteiger partial charge in [0.25, 0.3) is 0 Å². The summed E-state index contributed by atoms with van der Waals surface area (Å²) in [4.78, 5) is 4.32. The summed E-state index contributed by atoms with van der Waals surface area (Å²) < 4.78 is 0. The van der Waals surface area contributed by atoms with Crippen molar-refractivity contribution in [1.29, 1.82) is 0 Å². The molecule has 1 heterocycles. The maximum atomic E-state index is 8.83. The highest BCUT2D eigenvalue weighted by Crippen LogP contribution is 2.23. The molecule has 90 valence electrons. The van der Waals surface area contributed by atoms with Gasteiger partial charge in [0.15, 0.2) is 0 Å². The van der Waals surface area contributed by atoms with Gasteiger partial charge < -0.3 is 10.4 Å². The van der Waals surface area contributed by atoms with Gasteiger partial charge in [-0.25, -0.2) is 4.98 Å². The van der Waals surface area contributed by atoms with Gasteiger partial charge in [0, 0.05) is 35.9 Å². The summed E-state index contributed by atoms with van der Waals surface area (Å²) >= 11 is 1.85. The Hall–Kier alpha value is -0.740. The number of aliphatic hydroxyl groups excluding tert-OH is 1. The molecule has 0 aromatic carbocycles. The Kier molecular flexibility index (Phi) is 6.26. The molecule has 1 unspecified atom stereocenters. The van der Waals surface area contributed by atoms with Gasteiger partial charge in [-0.1, -0.05) is 13.0 Å². The van der Waals surface area contributed by atoms with Crippen molar-refractivity contribution in [3.8, 4) is 0 Å². The maximum Gasteiger partial charge on any atom is 0.129 e. The molecule has 0 aliphatic carbocycles. The Morgan fingerprint density at radius 3 is 3.06 bits per heavy atom. The highest BCUT2D eigenvalue weighted by atomic mass is 32.2. The SMILES string of the molecule is CCNc1ncccc1CSC(C)CCO. The zero-order valence-corrected chi connectivity index (χ0v) is 10.8. The van der Waals surface area contributed by atoms with Crippen LogP contribution in [0.4, 0.5) is 5.82 Å². The first-order valence-corrected chi connectivity index (χ1v) is 6.73. The van der Waals surface area contributed by atoms with Crippen LogP contribution in [0.3, 0.4) is 0 Å². The van der Waals surface area contributed by atoms with E-state index in [9.17, 15) is 0 Å². The van der Waals surface area contributed by atoms with Gasteiger partial charge in [-0.3, -0.25) is 0 Å². The van der Waals surface area contributed by atoms with E-state index in [-0.39, 0.29) is 6.61 Å². The molecule has 0 bridgehead atoms. The lowest BCUT2D eigenvalue weighted by Gasteiger charge is -2.12. The standard InChI is InChI=1S/C12H20N2OS/c1-3-13-12-11(5-4-7-14-12)9-16-10(2)6-8-15/h4-5,7,10,15H,3,6,8-9H2,1-2H3,(H,13,14). The molecule has 0 saturated carbocycles. The number of aromatic nitrogens is 1. The summed E-state index contributed by atoms with van der Waals surface area (Å²) in [6.45, 7) is 5.37. The van der Waals surface area contributed by atoms with E-state index in [1.807, 2.05) is 24.0 Å². The van der Waals surface area contributed by atoms with E-state index in [2.05, 4.69) is 30.2 Å². The summed E-state index contributed by atoms with van der Waals surface area (Å²) in [5, 5.41) is 12.6. The third-order valence-electron chi connectivity index (χ3n) is 2.29. The van der Waals surface area contributed by atoms with Crippen LogP contribution in [-0.2, 0) is 5.75 Å². The smallest absolute Gasteiger partial charge is 0.129 e. The van der Waals surface area contributed by atoms with Crippen LogP contribution in [0.25, 0.3) is 0 Å². The second kappa shape index (κ2) is 7.52. The third-order valence-corrected chi connectivity index (χ3v) is 3.58. The summed E-state index contributed by atoms with van der Waals surface area (Å²) in [5.41, 5.74) is 1.24. The molecule has 1 aromatic rings. The number of nitrogens with one attached hydrogen (secondary N) is 1. The minimum absolute atomic E-state index is 0.265. The molecule has 16 heavy (non-hydrogen) atoms. The van der Waals surface area contributed by atoms with E-state index in [0.717, 1.165) is 24.5 Å². The normalized spacial score (nSPS) is 12.4. The average Bonchev–Trinajstić information content (AvgIpc) is 2.29. The fourth-order valence-corrected chi connectivity index (χ4v) is 2.35. The highest BCUT2D eigenvalue weighted by Gasteiger charge is 2.06. The Morgan fingerprint density at radius 1 is 1.56 bits per heavy atom. The predicted molar refractivity (Wildman–Crippen MR) is 70.9 cm³/mol. The van der Waals surface area contributed by atoms with Crippen molar-refractivity contribution in [2.24, 2.45) is 0 Å². The van der Waals surface area contributed by atoms with Crippen LogP contribution in [0.2, 0.25) is 0 Å². The van der Waals surface area contributed by atoms with Crippen molar-refractivity contribution >= 4 is 17.6 Å². The third kappa shape index (κ3) is 4.41. The van der Waals surface area contributed by atoms with Crippen molar-refractivity contribution in [2.45, 2.75) is 31.3 Å². The average molecular weight is 240 g/mol. The second-order valence-corrected chi connectivity index (χ2v) is 5.10. The van der Waals surface area contributed by atoms with Crippen molar-refractivity contribution in [2.75, 3.05) is 18.5 Å². The summed E-state index contributed by atoms with van der Waals surface area (Å²) in [6.07, 6.45) is 2.66. The van der Waals surface area contributed by atoms with Crippen LogP contribution in [0.1, 0.15) is 25.8 Å². The van der Waals surface area contributed by atoms with E-state index < -0.39 is 0 Å². The van der Waals surface area contributed by atoms with Gasteiger partial charge in [-0.15, -0.1) is 0 Å². The molecule has 0 fully saturated rings. The summed E-state index contributed by atoms with van der Waals surface area (Å²) in [5.74, 6) is 1.92. The van der Waals surface area contributed by atoms with Crippen LogP contribution in [-0.4, -0.2) is 28.5 Å². The van der Waals surface area contributed by atoms with Crippen LogP contribution < -0.4 is 5.32 Å². The molecule has 1 aromatic heterocycles. The van der Waals surface area contributed by atoms with E-state index in [1.54, 1.807) is 0 Å². The quantitative estimate of drug-likeness (QED) is 0.768. The van der Waals surface area contributed by atoms with E-state index in [0.29, 0.717) is 5.25 Å².